The van der Waals surface area contributed by atoms with Gasteiger partial charge < -0.3 is 10.2 Å². The van der Waals surface area contributed by atoms with Crippen molar-refractivity contribution < 1.29 is 0 Å². The van der Waals surface area contributed by atoms with Crippen LogP contribution in [-0.4, -0.2) is 23.6 Å². The van der Waals surface area contributed by atoms with Gasteiger partial charge in [-0.3, -0.25) is 4.98 Å². The molecule has 0 amide bonds. The van der Waals surface area contributed by atoms with Crippen LogP contribution >= 0.6 is 0 Å². The molecule has 19 heavy (non-hydrogen) atoms. The van der Waals surface area contributed by atoms with Crippen LogP contribution in [0.5, 0.6) is 0 Å². The molecule has 0 aliphatic heterocycles. The third-order valence-corrected chi connectivity index (χ3v) is 2.74. The number of pyridine rings is 1. The summed E-state index contributed by atoms with van der Waals surface area (Å²) in [4.78, 5) is 6.45. The van der Waals surface area contributed by atoms with E-state index in [0.29, 0.717) is 0 Å². The predicted octanol–water partition coefficient (Wildman–Crippen LogP) is 3.15. The molecule has 0 aromatic carbocycles. The Morgan fingerprint density at radius 1 is 1.26 bits per heavy atom. The fraction of sp³-hybridized carbons (Fsp3) is 0.438. The SMILES string of the molecule is C=CCN(CC=C)c1cnccc1CNC(C)(C)C. The summed E-state index contributed by atoms with van der Waals surface area (Å²) in [6.07, 6.45) is 7.55. The first-order valence-electron chi connectivity index (χ1n) is 6.62. The zero-order valence-electron chi connectivity index (χ0n) is 12.3. The molecule has 104 valence electrons. The van der Waals surface area contributed by atoms with Crippen LogP contribution < -0.4 is 10.2 Å². The van der Waals surface area contributed by atoms with Crippen LogP contribution in [0.3, 0.4) is 0 Å². The largest absolute Gasteiger partial charge is 0.363 e. The van der Waals surface area contributed by atoms with Crippen molar-refractivity contribution in [2.45, 2.75) is 32.9 Å². The van der Waals surface area contributed by atoms with E-state index < -0.39 is 0 Å². The van der Waals surface area contributed by atoms with Crippen molar-refractivity contribution in [3.8, 4) is 0 Å². The van der Waals surface area contributed by atoms with Crippen molar-refractivity contribution in [1.29, 1.82) is 0 Å². The van der Waals surface area contributed by atoms with Crippen LogP contribution in [0.1, 0.15) is 26.3 Å². The Labute approximate surface area is 117 Å². The highest BCUT2D eigenvalue weighted by Gasteiger charge is 2.13. The monoisotopic (exact) mass is 259 g/mol. The van der Waals surface area contributed by atoms with Gasteiger partial charge >= 0.3 is 0 Å². The molecule has 1 aromatic rings. The van der Waals surface area contributed by atoms with Gasteiger partial charge in [0.2, 0.25) is 0 Å². The minimum atomic E-state index is 0.0994. The third kappa shape index (κ3) is 5.26. The molecule has 3 nitrogen and oxygen atoms in total. The van der Waals surface area contributed by atoms with E-state index in [1.165, 1.54) is 5.56 Å². The fourth-order valence-corrected chi connectivity index (χ4v) is 1.79. The van der Waals surface area contributed by atoms with Crippen LogP contribution in [0, 0.1) is 0 Å². The molecule has 1 rings (SSSR count). The van der Waals surface area contributed by atoms with Crippen molar-refractivity contribution in [1.82, 2.24) is 10.3 Å². The number of hydrogen-bond donors (Lipinski definition) is 1. The maximum absolute atomic E-state index is 4.24. The lowest BCUT2D eigenvalue weighted by Gasteiger charge is -2.26. The maximum atomic E-state index is 4.24. The van der Waals surface area contributed by atoms with Gasteiger partial charge in [0.1, 0.15) is 0 Å². The highest BCUT2D eigenvalue weighted by molar-refractivity contribution is 5.52. The molecule has 0 fully saturated rings. The third-order valence-electron chi connectivity index (χ3n) is 2.74. The van der Waals surface area contributed by atoms with Crippen molar-refractivity contribution >= 4 is 5.69 Å². The summed E-state index contributed by atoms with van der Waals surface area (Å²) in [7, 11) is 0. The van der Waals surface area contributed by atoms with Gasteiger partial charge in [0.25, 0.3) is 0 Å². The van der Waals surface area contributed by atoms with E-state index in [1.54, 1.807) is 0 Å². The predicted molar refractivity (Wildman–Crippen MR) is 83.4 cm³/mol. The molecular weight excluding hydrogens is 234 g/mol. The zero-order valence-corrected chi connectivity index (χ0v) is 12.3. The van der Waals surface area contributed by atoms with Gasteiger partial charge in [-0.25, -0.2) is 0 Å². The van der Waals surface area contributed by atoms with E-state index in [0.717, 1.165) is 25.3 Å². The summed E-state index contributed by atoms with van der Waals surface area (Å²) in [5, 5.41) is 3.51. The van der Waals surface area contributed by atoms with Gasteiger partial charge in [-0.1, -0.05) is 12.2 Å². The van der Waals surface area contributed by atoms with Crippen LogP contribution in [0.2, 0.25) is 0 Å². The highest BCUT2D eigenvalue weighted by atomic mass is 15.1. The summed E-state index contributed by atoms with van der Waals surface area (Å²) >= 11 is 0. The van der Waals surface area contributed by atoms with Gasteiger partial charge in [0, 0.05) is 31.4 Å². The molecule has 0 bridgehead atoms. The van der Waals surface area contributed by atoms with E-state index in [1.807, 2.05) is 24.5 Å². The van der Waals surface area contributed by atoms with Gasteiger partial charge in [0.05, 0.1) is 11.9 Å². The number of nitrogens with one attached hydrogen (secondary N) is 1. The number of nitrogens with zero attached hydrogens (tertiary/aromatic N) is 2. The van der Waals surface area contributed by atoms with E-state index in [2.05, 4.69) is 55.2 Å². The van der Waals surface area contributed by atoms with Crippen molar-refractivity contribution in [3.63, 3.8) is 0 Å². The number of rotatable bonds is 7. The second-order valence-corrected chi connectivity index (χ2v) is 5.59. The second-order valence-electron chi connectivity index (χ2n) is 5.59. The molecule has 0 unspecified atom stereocenters. The minimum absolute atomic E-state index is 0.0994. The van der Waals surface area contributed by atoms with Crippen molar-refractivity contribution in [2.24, 2.45) is 0 Å². The maximum Gasteiger partial charge on any atom is 0.0603 e. The quantitative estimate of drug-likeness (QED) is 0.762. The average Bonchev–Trinajstić information content (AvgIpc) is 2.36. The van der Waals surface area contributed by atoms with Gasteiger partial charge in [-0.05, 0) is 32.4 Å². The lowest BCUT2D eigenvalue weighted by molar-refractivity contribution is 0.424. The molecule has 1 heterocycles. The smallest absolute Gasteiger partial charge is 0.0603 e. The van der Waals surface area contributed by atoms with Crippen molar-refractivity contribution in [2.75, 3.05) is 18.0 Å². The lowest BCUT2D eigenvalue weighted by Crippen LogP contribution is -2.36. The summed E-state index contributed by atoms with van der Waals surface area (Å²) in [6.45, 7) is 16.5. The first kappa shape index (κ1) is 15.4. The van der Waals surface area contributed by atoms with Crippen LogP contribution in [0.15, 0.2) is 43.8 Å². The van der Waals surface area contributed by atoms with E-state index in [-0.39, 0.29) is 5.54 Å². The van der Waals surface area contributed by atoms with Crippen LogP contribution in [0.4, 0.5) is 5.69 Å². The van der Waals surface area contributed by atoms with Crippen molar-refractivity contribution in [3.05, 3.63) is 49.3 Å². The van der Waals surface area contributed by atoms with Crippen LogP contribution in [-0.2, 0) is 6.54 Å². The van der Waals surface area contributed by atoms with Crippen LogP contribution in [0.25, 0.3) is 0 Å². The van der Waals surface area contributed by atoms with E-state index in [4.69, 9.17) is 0 Å². The number of aromatic nitrogens is 1. The summed E-state index contributed by atoms with van der Waals surface area (Å²) < 4.78 is 0. The minimum Gasteiger partial charge on any atom is -0.363 e. The molecule has 0 atom stereocenters. The molecule has 0 spiro atoms. The molecule has 3 heteroatoms. The molecule has 0 aliphatic carbocycles. The molecule has 1 aromatic heterocycles. The van der Waals surface area contributed by atoms with Gasteiger partial charge in [0.15, 0.2) is 0 Å². The lowest BCUT2D eigenvalue weighted by atomic mass is 10.1. The Morgan fingerprint density at radius 3 is 2.42 bits per heavy atom. The molecule has 0 radical (unpaired) electrons. The Balaban J connectivity index is 2.92. The average molecular weight is 259 g/mol. The Bertz CT molecular complexity index is 408. The summed E-state index contributed by atoms with van der Waals surface area (Å²) in [5.41, 5.74) is 2.48. The highest BCUT2D eigenvalue weighted by Crippen LogP contribution is 2.19. The number of anilines is 1. The Kier molecular flexibility index (Phi) is 5.77. The Morgan fingerprint density at radius 2 is 1.89 bits per heavy atom. The molecule has 0 saturated carbocycles. The van der Waals surface area contributed by atoms with E-state index >= 15 is 0 Å². The molecule has 1 N–H and O–H groups in total. The standard InChI is InChI=1S/C16H25N3/c1-6-10-19(11-7-2)15-13-17-9-8-14(15)12-18-16(3,4)5/h6-9,13,18H,1-2,10-12H2,3-5H3. The second kappa shape index (κ2) is 7.10. The zero-order chi connectivity index (χ0) is 14.3. The van der Waals surface area contributed by atoms with E-state index in [9.17, 15) is 0 Å². The molecule has 0 aliphatic rings. The summed E-state index contributed by atoms with van der Waals surface area (Å²) in [5.74, 6) is 0. The van der Waals surface area contributed by atoms with Gasteiger partial charge in [-0.15, -0.1) is 13.2 Å². The normalized spacial score (nSPS) is 11.1. The molecule has 0 saturated heterocycles. The summed E-state index contributed by atoms with van der Waals surface area (Å²) in [6, 6.07) is 2.06. The first-order valence-corrected chi connectivity index (χ1v) is 6.62. The Hall–Kier alpha value is -1.61. The number of hydrogen-bond acceptors (Lipinski definition) is 3. The topological polar surface area (TPSA) is 28.2 Å². The van der Waals surface area contributed by atoms with Gasteiger partial charge in [-0.2, -0.15) is 0 Å². The first-order chi connectivity index (χ1) is 8.98. The fourth-order valence-electron chi connectivity index (χ4n) is 1.79. The molecular formula is C16H25N3.